The Morgan fingerprint density at radius 2 is 1.32 bits per heavy atom. The van der Waals surface area contributed by atoms with Gasteiger partial charge in [-0.2, -0.15) is 8.42 Å². The van der Waals surface area contributed by atoms with E-state index in [2.05, 4.69) is 13.8 Å². The maximum Gasteiger partial charge on any atom is 0.325 e. The molecule has 3 N–H and O–H groups in total. The maximum atomic E-state index is 10.2. The lowest BCUT2D eigenvalue weighted by Crippen LogP contribution is -2.31. The van der Waals surface area contributed by atoms with E-state index in [4.69, 9.17) is 19.5 Å². The second kappa shape index (κ2) is 16.3. The van der Waals surface area contributed by atoms with Crippen LogP contribution in [0.1, 0.15) is 71.6 Å². The molecule has 1 atom stereocenters. The lowest BCUT2D eigenvalue weighted by atomic mass is 10.2. The molecule has 0 aliphatic rings. The molecule has 0 aromatic carbocycles. The molecule has 8 nitrogen and oxygen atoms in total. The highest BCUT2D eigenvalue weighted by atomic mass is 32.2. The zero-order chi connectivity index (χ0) is 19.7. The van der Waals surface area contributed by atoms with Gasteiger partial charge in [-0.25, -0.2) is 0 Å². The number of aliphatic carboxylic acids is 2. The molecule has 0 saturated carbocycles. The first kappa shape index (κ1) is 26.0. The SMILES string of the molecule is CCCCCCOCCCCCC.O=C(O)CC(C(=O)O)S(=O)(=O)O. The van der Waals surface area contributed by atoms with Crippen LogP contribution in [0.4, 0.5) is 0 Å². The molecular formula is C16H32O8S. The van der Waals surface area contributed by atoms with Crippen LogP contribution in [-0.2, 0) is 24.4 Å². The topological polar surface area (TPSA) is 138 Å². The van der Waals surface area contributed by atoms with Gasteiger partial charge in [0.15, 0.2) is 5.25 Å². The van der Waals surface area contributed by atoms with Crippen molar-refractivity contribution in [2.24, 2.45) is 0 Å². The average molecular weight is 384 g/mol. The molecule has 1 unspecified atom stereocenters. The molecule has 25 heavy (non-hydrogen) atoms. The second-order valence-electron chi connectivity index (χ2n) is 5.67. The van der Waals surface area contributed by atoms with Crippen molar-refractivity contribution in [3.63, 3.8) is 0 Å². The summed E-state index contributed by atoms with van der Waals surface area (Å²) in [5.41, 5.74) is 0. The van der Waals surface area contributed by atoms with E-state index in [9.17, 15) is 18.0 Å². The number of hydrogen-bond donors (Lipinski definition) is 3. The first-order valence-corrected chi connectivity index (χ1v) is 10.2. The van der Waals surface area contributed by atoms with Gasteiger partial charge in [0, 0.05) is 13.2 Å². The van der Waals surface area contributed by atoms with Crippen LogP contribution in [0.25, 0.3) is 0 Å². The monoisotopic (exact) mass is 384 g/mol. The minimum Gasteiger partial charge on any atom is -0.481 e. The Balaban J connectivity index is 0. The molecule has 0 radical (unpaired) electrons. The van der Waals surface area contributed by atoms with Gasteiger partial charge in [-0.05, 0) is 12.8 Å². The van der Waals surface area contributed by atoms with E-state index in [1.807, 2.05) is 0 Å². The van der Waals surface area contributed by atoms with E-state index >= 15 is 0 Å². The molecule has 0 aromatic rings. The van der Waals surface area contributed by atoms with Crippen LogP contribution in [0, 0.1) is 0 Å². The van der Waals surface area contributed by atoms with Crippen LogP contribution in [0.15, 0.2) is 0 Å². The number of carboxylic acids is 2. The lowest BCUT2D eigenvalue weighted by molar-refractivity contribution is -0.143. The number of unbranched alkanes of at least 4 members (excludes halogenated alkanes) is 6. The predicted molar refractivity (Wildman–Crippen MR) is 94.3 cm³/mol. The third-order valence-electron chi connectivity index (χ3n) is 3.28. The first-order valence-electron chi connectivity index (χ1n) is 8.65. The third kappa shape index (κ3) is 19.0. The van der Waals surface area contributed by atoms with Crippen molar-refractivity contribution in [3.8, 4) is 0 Å². The Bertz CT molecular complexity index is 437. The molecule has 0 saturated heterocycles. The molecule has 0 spiro atoms. The fourth-order valence-electron chi connectivity index (χ4n) is 1.84. The third-order valence-corrected chi connectivity index (χ3v) is 4.37. The summed E-state index contributed by atoms with van der Waals surface area (Å²) >= 11 is 0. The smallest absolute Gasteiger partial charge is 0.325 e. The van der Waals surface area contributed by atoms with Gasteiger partial charge in [0.2, 0.25) is 0 Å². The molecule has 0 fully saturated rings. The van der Waals surface area contributed by atoms with E-state index in [-0.39, 0.29) is 0 Å². The van der Waals surface area contributed by atoms with Crippen molar-refractivity contribution in [1.29, 1.82) is 0 Å². The molecular weight excluding hydrogens is 352 g/mol. The summed E-state index contributed by atoms with van der Waals surface area (Å²) < 4.78 is 34.2. The van der Waals surface area contributed by atoms with Gasteiger partial charge >= 0.3 is 11.9 Å². The molecule has 0 bridgehead atoms. The van der Waals surface area contributed by atoms with Crippen LogP contribution in [0.2, 0.25) is 0 Å². The largest absolute Gasteiger partial charge is 0.481 e. The van der Waals surface area contributed by atoms with Gasteiger partial charge in [0.25, 0.3) is 10.1 Å². The van der Waals surface area contributed by atoms with Gasteiger partial charge in [0.1, 0.15) is 0 Å². The summed E-state index contributed by atoms with van der Waals surface area (Å²) in [6, 6.07) is 0. The molecule has 0 amide bonds. The van der Waals surface area contributed by atoms with Crippen LogP contribution >= 0.6 is 0 Å². The van der Waals surface area contributed by atoms with Crippen molar-refractivity contribution in [3.05, 3.63) is 0 Å². The standard InChI is InChI=1S/C12H26O.C4H6O7S/c1-3-5-7-9-11-13-12-10-8-6-4-2;5-3(6)1-2(4(7)8)12(9,10)11/h3-12H2,1-2H3;2H,1H2,(H,5,6)(H,7,8)(H,9,10,11). The van der Waals surface area contributed by atoms with Crippen molar-refractivity contribution < 1.29 is 37.5 Å². The van der Waals surface area contributed by atoms with Crippen LogP contribution in [0.5, 0.6) is 0 Å². The van der Waals surface area contributed by atoms with Crippen molar-refractivity contribution in [2.45, 2.75) is 76.9 Å². The molecule has 150 valence electrons. The van der Waals surface area contributed by atoms with E-state index in [1.54, 1.807) is 0 Å². The van der Waals surface area contributed by atoms with E-state index < -0.39 is 33.7 Å². The fourth-order valence-corrected chi connectivity index (χ4v) is 2.45. The predicted octanol–water partition coefficient (Wildman–Crippen LogP) is 2.97. The number of rotatable bonds is 14. The molecule has 0 heterocycles. The molecule has 0 rings (SSSR count). The number of carbonyl (C=O) groups is 2. The Hall–Kier alpha value is -1.19. The van der Waals surface area contributed by atoms with Gasteiger partial charge < -0.3 is 14.9 Å². The van der Waals surface area contributed by atoms with Crippen LogP contribution < -0.4 is 0 Å². The zero-order valence-corrected chi connectivity index (χ0v) is 16.0. The zero-order valence-electron chi connectivity index (χ0n) is 15.1. The number of ether oxygens (including phenoxy) is 1. The van der Waals surface area contributed by atoms with Gasteiger partial charge in [-0.3, -0.25) is 14.1 Å². The van der Waals surface area contributed by atoms with Gasteiger partial charge in [0.05, 0.1) is 6.42 Å². The Kier molecular flexibility index (Phi) is 17.0. The van der Waals surface area contributed by atoms with E-state index in [0.717, 1.165) is 13.2 Å². The normalized spacial score (nSPS) is 12.1. The van der Waals surface area contributed by atoms with E-state index in [0.29, 0.717) is 0 Å². The quantitative estimate of drug-likeness (QED) is 0.307. The van der Waals surface area contributed by atoms with Gasteiger partial charge in [-0.1, -0.05) is 52.4 Å². The lowest BCUT2D eigenvalue weighted by Gasteiger charge is -2.04. The minimum atomic E-state index is -4.84. The second-order valence-corrected chi connectivity index (χ2v) is 7.27. The minimum absolute atomic E-state index is 0.978. The van der Waals surface area contributed by atoms with Crippen molar-refractivity contribution in [2.75, 3.05) is 13.2 Å². The highest BCUT2D eigenvalue weighted by molar-refractivity contribution is 7.87. The fraction of sp³-hybridized carbons (Fsp3) is 0.875. The molecule has 9 heteroatoms. The van der Waals surface area contributed by atoms with Crippen LogP contribution in [-0.4, -0.2) is 53.6 Å². The Labute approximate surface area is 150 Å². The highest BCUT2D eigenvalue weighted by Gasteiger charge is 2.33. The molecule has 0 aliphatic heterocycles. The summed E-state index contributed by atoms with van der Waals surface area (Å²) in [6.45, 7) is 6.44. The summed E-state index contributed by atoms with van der Waals surface area (Å²) in [5.74, 6) is -3.50. The number of carboxylic acid groups (broad SMARTS) is 2. The molecule has 0 aliphatic carbocycles. The van der Waals surface area contributed by atoms with Gasteiger partial charge in [-0.15, -0.1) is 0 Å². The highest BCUT2D eigenvalue weighted by Crippen LogP contribution is 2.04. The summed E-state index contributed by atoms with van der Waals surface area (Å²) in [6.07, 6.45) is 9.37. The maximum absolute atomic E-state index is 10.2. The van der Waals surface area contributed by atoms with Crippen LogP contribution in [0.3, 0.4) is 0 Å². The summed E-state index contributed by atoms with van der Waals surface area (Å²) in [5, 5.41) is 13.9. The van der Waals surface area contributed by atoms with Crippen molar-refractivity contribution >= 4 is 22.1 Å². The Morgan fingerprint density at radius 3 is 1.56 bits per heavy atom. The van der Waals surface area contributed by atoms with Crippen molar-refractivity contribution in [1.82, 2.24) is 0 Å². The Morgan fingerprint density at radius 1 is 0.880 bits per heavy atom. The van der Waals surface area contributed by atoms with E-state index in [1.165, 1.54) is 51.4 Å². The summed E-state index contributed by atoms with van der Waals surface area (Å²) in [4.78, 5) is 20.0. The average Bonchev–Trinajstić information content (AvgIpc) is 2.50. The molecule has 0 aromatic heterocycles. The summed E-state index contributed by atoms with van der Waals surface area (Å²) in [7, 11) is -4.84. The number of hydrogen-bond acceptors (Lipinski definition) is 5. The first-order chi connectivity index (χ1) is 11.7.